The Balaban J connectivity index is 2.13. The summed E-state index contributed by atoms with van der Waals surface area (Å²) in [6.45, 7) is 11.1. The standard InChI is InChI=1S/C17H26N2/c1-6-17(4,5)19-16-9-13-7-8-15(18-12(2)3)10-14(13)11-16/h7-8,10-12,18-19H,6,9H2,1-5H3. The normalized spacial score (nSPS) is 14.3. The van der Waals surface area contributed by atoms with Crippen LogP contribution in [-0.2, 0) is 6.42 Å². The van der Waals surface area contributed by atoms with E-state index in [2.05, 4.69) is 69.5 Å². The van der Waals surface area contributed by atoms with E-state index in [4.69, 9.17) is 0 Å². The second kappa shape index (κ2) is 5.28. The van der Waals surface area contributed by atoms with E-state index in [9.17, 15) is 0 Å². The molecule has 0 unspecified atom stereocenters. The Labute approximate surface area is 117 Å². The lowest BCUT2D eigenvalue weighted by molar-refractivity contribution is 0.413. The molecule has 2 nitrogen and oxygen atoms in total. The van der Waals surface area contributed by atoms with Crippen LogP contribution >= 0.6 is 0 Å². The summed E-state index contributed by atoms with van der Waals surface area (Å²) in [4.78, 5) is 0. The Hall–Kier alpha value is -1.44. The maximum atomic E-state index is 3.65. The van der Waals surface area contributed by atoms with Crippen molar-refractivity contribution in [2.45, 2.75) is 59.0 Å². The van der Waals surface area contributed by atoms with Gasteiger partial charge in [0.2, 0.25) is 0 Å². The van der Waals surface area contributed by atoms with E-state index in [1.54, 1.807) is 0 Å². The van der Waals surface area contributed by atoms with Crippen molar-refractivity contribution in [1.29, 1.82) is 0 Å². The van der Waals surface area contributed by atoms with Crippen LogP contribution < -0.4 is 10.6 Å². The molecule has 2 heteroatoms. The molecule has 0 saturated carbocycles. The fourth-order valence-corrected chi connectivity index (χ4v) is 2.36. The van der Waals surface area contributed by atoms with Gasteiger partial charge in [0.25, 0.3) is 0 Å². The number of hydrogen-bond donors (Lipinski definition) is 2. The minimum Gasteiger partial charge on any atom is -0.383 e. The molecule has 0 radical (unpaired) electrons. The minimum absolute atomic E-state index is 0.174. The summed E-state index contributed by atoms with van der Waals surface area (Å²) in [7, 11) is 0. The zero-order chi connectivity index (χ0) is 14.0. The van der Waals surface area contributed by atoms with E-state index in [1.807, 2.05) is 0 Å². The molecule has 0 amide bonds. The molecule has 0 bridgehead atoms. The highest BCUT2D eigenvalue weighted by molar-refractivity contribution is 5.67. The summed E-state index contributed by atoms with van der Waals surface area (Å²) in [6, 6.07) is 7.15. The van der Waals surface area contributed by atoms with E-state index in [0.29, 0.717) is 6.04 Å². The summed E-state index contributed by atoms with van der Waals surface area (Å²) >= 11 is 0. The second-order valence-electron chi connectivity index (χ2n) is 6.42. The highest BCUT2D eigenvalue weighted by Gasteiger charge is 2.19. The molecule has 0 fully saturated rings. The molecule has 0 heterocycles. The summed E-state index contributed by atoms with van der Waals surface area (Å²) < 4.78 is 0. The van der Waals surface area contributed by atoms with Gasteiger partial charge in [-0.3, -0.25) is 0 Å². The molecule has 2 N–H and O–H groups in total. The first kappa shape index (κ1) is 14.0. The number of hydrogen-bond acceptors (Lipinski definition) is 2. The van der Waals surface area contributed by atoms with Gasteiger partial charge in [0, 0.05) is 29.4 Å². The molecular formula is C17H26N2. The predicted octanol–water partition coefficient (Wildman–Crippen LogP) is 4.18. The summed E-state index contributed by atoms with van der Waals surface area (Å²) in [6.07, 6.45) is 4.44. The second-order valence-corrected chi connectivity index (χ2v) is 6.42. The minimum atomic E-state index is 0.174. The smallest absolute Gasteiger partial charge is 0.0348 e. The van der Waals surface area contributed by atoms with Crippen molar-refractivity contribution in [1.82, 2.24) is 5.32 Å². The molecule has 1 aliphatic carbocycles. The van der Waals surface area contributed by atoms with Gasteiger partial charge in [-0.2, -0.15) is 0 Å². The van der Waals surface area contributed by atoms with Crippen LogP contribution in [0.1, 0.15) is 52.2 Å². The van der Waals surface area contributed by atoms with E-state index < -0.39 is 0 Å². The maximum absolute atomic E-state index is 3.65. The first-order valence-electron chi connectivity index (χ1n) is 7.28. The van der Waals surface area contributed by atoms with E-state index in [0.717, 1.165) is 12.8 Å². The number of anilines is 1. The molecule has 0 saturated heterocycles. The molecule has 104 valence electrons. The Morgan fingerprint density at radius 2 is 2.00 bits per heavy atom. The van der Waals surface area contributed by atoms with Crippen LogP contribution in [0.5, 0.6) is 0 Å². The Kier molecular flexibility index (Phi) is 3.88. The lowest BCUT2D eigenvalue weighted by Crippen LogP contribution is -2.37. The third-order valence-corrected chi connectivity index (χ3v) is 3.69. The zero-order valence-electron chi connectivity index (χ0n) is 12.8. The van der Waals surface area contributed by atoms with Gasteiger partial charge in [-0.15, -0.1) is 0 Å². The van der Waals surface area contributed by atoms with Crippen molar-refractivity contribution in [3.05, 3.63) is 35.0 Å². The van der Waals surface area contributed by atoms with Gasteiger partial charge >= 0.3 is 0 Å². The van der Waals surface area contributed by atoms with Crippen LogP contribution in [0.25, 0.3) is 6.08 Å². The maximum Gasteiger partial charge on any atom is 0.0348 e. The zero-order valence-corrected chi connectivity index (χ0v) is 12.8. The first-order valence-corrected chi connectivity index (χ1v) is 7.28. The highest BCUT2D eigenvalue weighted by atomic mass is 15.0. The van der Waals surface area contributed by atoms with Crippen molar-refractivity contribution in [3.8, 4) is 0 Å². The van der Waals surface area contributed by atoms with Crippen molar-refractivity contribution in [2.24, 2.45) is 0 Å². The largest absolute Gasteiger partial charge is 0.383 e. The lowest BCUT2D eigenvalue weighted by Gasteiger charge is -2.26. The molecule has 0 spiro atoms. The molecular weight excluding hydrogens is 232 g/mol. The number of benzene rings is 1. The first-order chi connectivity index (χ1) is 8.89. The van der Waals surface area contributed by atoms with Gasteiger partial charge in [0.05, 0.1) is 0 Å². The Bertz CT molecular complexity index is 484. The summed E-state index contributed by atoms with van der Waals surface area (Å²) in [5, 5.41) is 7.11. The third kappa shape index (κ3) is 3.52. The summed E-state index contributed by atoms with van der Waals surface area (Å²) in [5.41, 5.74) is 5.49. The summed E-state index contributed by atoms with van der Waals surface area (Å²) in [5.74, 6) is 0. The fraction of sp³-hybridized carbons (Fsp3) is 0.529. The van der Waals surface area contributed by atoms with Gasteiger partial charge in [-0.25, -0.2) is 0 Å². The average molecular weight is 258 g/mol. The SMILES string of the molecule is CCC(C)(C)NC1=Cc2cc(NC(C)C)ccc2C1. The molecule has 0 atom stereocenters. The van der Waals surface area contributed by atoms with Crippen molar-refractivity contribution >= 4 is 11.8 Å². The van der Waals surface area contributed by atoms with E-state index in [-0.39, 0.29) is 5.54 Å². The fourth-order valence-electron chi connectivity index (χ4n) is 2.36. The Morgan fingerprint density at radius 1 is 1.26 bits per heavy atom. The molecule has 1 aromatic rings. The van der Waals surface area contributed by atoms with Crippen LogP contribution in [0.3, 0.4) is 0 Å². The van der Waals surface area contributed by atoms with Gasteiger partial charge in [0.15, 0.2) is 0 Å². The number of nitrogens with one attached hydrogen (secondary N) is 2. The van der Waals surface area contributed by atoms with Gasteiger partial charge in [-0.1, -0.05) is 13.0 Å². The number of allylic oxidation sites excluding steroid dienone is 1. The molecule has 0 aromatic heterocycles. The van der Waals surface area contributed by atoms with E-state index in [1.165, 1.54) is 22.5 Å². The molecule has 2 rings (SSSR count). The number of fused-ring (bicyclic) bond motifs is 1. The van der Waals surface area contributed by atoms with Crippen LogP contribution in [-0.4, -0.2) is 11.6 Å². The highest BCUT2D eigenvalue weighted by Crippen LogP contribution is 2.28. The van der Waals surface area contributed by atoms with Crippen LogP contribution in [0.4, 0.5) is 5.69 Å². The Morgan fingerprint density at radius 3 is 2.63 bits per heavy atom. The predicted molar refractivity (Wildman–Crippen MR) is 84.4 cm³/mol. The van der Waals surface area contributed by atoms with Gasteiger partial charge < -0.3 is 10.6 Å². The third-order valence-electron chi connectivity index (χ3n) is 3.69. The molecule has 19 heavy (non-hydrogen) atoms. The van der Waals surface area contributed by atoms with Crippen LogP contribution in [0, 0.1) is 0 Å². The molecule has 1 aliphatic rings. The van der Waals surface area contributed by atoms with Gasteiger partial charge in [-0.05, 0) is 63.5 Å². The number of rotatable bonds is 5. The average Bonchev–Trinajstić information content (AvgIpc) is 2.68. The quantitative estimate of drug-likeness (QED) is 0.828. The van der Waals surface area contributed by atoms with E-state index >= 15 is 0 Å². The van der Waals surface area contributed by atoms with Gasteiger partial charge in [0.1, 0.15) is 0 Å². The van der Waals surface area contributed by atoms with Crippen LogP contribution in [0.15, 0.2) is 23.9 Å². The topological polar surface area (TPSA) is 24.1 Å². The van der Waals surface area contributed by atoms with Crippen LogP contribution in [0.2, 0.25) is 0 Å². The van der Waals surface area contributed by atoms with Crippen molar-refractivity contribution in [2.75, 3.05) is 5.32 Å². The molecule has 1 aromatic carbocycles. The monoisotopic (exact) mass is 258 g/mol. The van der Waals surface area contributed by atoms with Crippen molar-refractivity contribution in [3.63, 3.8) is 0 Å². The molecule has 0 aliphatic heterocycles. The van der Waals surface area contributed by atoms with Crippen molar-refractivity contribution < 1.29 is 0 Å². The lowest BCUT2D eigenvalue weighted by atomic mass is 10.0.